The van der Waals surface area contributed by atoms with Gasteiger partial charge in [-0.2, -0.15) is 0 Å². The van der Waals surface area contributed by atoms with E-state index >= 15 is 0 Å². The molecule has 1 aromatic heterocycles. The van der Waals surface area contributed by atoms with Gasteiger partial charge >= 0.3 is 0 Å². The van der Waals surface area contributed by atoms with E-state index in [1.165, 1.54) is 0 Å². The van der Waals surface area contributed by atoms with Gasteiger partial charge in [0.25, 0.3) is 0 Å². The summed E-state index contributed by atoms with van der Waals surface area (Å²) < 4.78 is 1.84. The number of imidazole rings is 1. The van der Waals surface area contributed by atoms with Crippen molar-refractivity contribution in [1.82, 2.24) is 9.55 Å². The normalized spacial score (nSPS) is 12.8. The highest BCUT2D eigenvalue weighted by Crippen LogP contribution is 2.22. The van der Waals surface area contributed by atoms with Crippen LogP contribution in [0.2, 0.25) is 0 Å². The second kappa shape index (κ2) is 4.10. The van der Waals surface area contributed by atoms with Gasteiger partial charge in [0, 0.05) is 19.4 Å². The summed E-state index contributed by atoms with van der Waals surface area (Å²) in [5, 5.41) is 10.2. The van der Waals surface area contributed by atoms with E-state index in [-0.39, 0.29) is 0 Å². The summed E-state index contributed by atoms with van der Waals surface area (Å²) in [6.45, 7) is 4.06. The van der Waals surface area contributed by atoms with Crippen LogP contribution >= 0.6 is 0 Å². The number of rotatable bonds is 2. The molecule has 1 unspecified atom stereocenters. The maximum atomic E-state index is 10.2. The summed E-state index contributed by atoms with van der Waals surface area (Å²) >= 11 is 0. The molecule has 2 aromatic rings. The Morgan fingerprint density at radius 1 is 1.19 bits per heavy atom. The minimum atomic E-state index is -0.654. The Morgan fingerprint density at radius 3 is 2.31 bits per heavy atom. The molecule has 1 atom stereocenters. The molecule has 0 aliphatic rings. The monoisotopic (exact) mass is 216 g/mol. The first-order valence-corrected chi connectivity index (χ1v) is 5.31. The van der Waals surface area contributed by atoms with Crippen LogP contribution in [0.5, 0.6) is 0 Å². The molecule has 0 radical (unpaired) electrons. The quantitative estimate of drug-likeness (QED) is 0.835. The largest absolute Gasteiger partial charge is 0.380 e. The van der Waals surface area contributed by atoms with Crippen LogP contribution in [0, 0.1) is 13.8 Å². The fourth-order valence-electron chi connectivity index (χ4n) is 1.96. The van der Waals surface area contributed by atoms with E-state index in [1.54, 1.807) is 6.20 Å². The number of hydrogen-bond donors (Lipinski definition) is 1. The lowest BCUT2D eigenvalue weighted by Gasteiger charge is -2.12. The van der Waals surface area contributed by atoms with Gasteiger partial charge in [-0.3, -0.25) is 0 Å². The van der Waals surface area contributed by atoms with Crippen LogP contribution in [-0.4, -0.2) is 14.7 Å². The third-order valence-corrected chi connectivity index (χ3v) is 2.66. The molecule has 2 rings (SSSR count). The smallest absolute Gasteiger partial charge is 0.142 e. The third-order valence-electron chi connectivity index (χ3n) is 2.66. The van der Waals surface area contributed by atoms with E-state index in [4.69, 9.17) is 0 Å². The van der Waals surface area contributed by atoms with Gasteiger partial charge in [0.1, 0.15) is 11.9 Å². The zero-order chi connectivity index (χ0) is 11.7. The number of nitrogens with zero attached hydrogens (tertiary/aromatic N) is 2. The molecule has 1 heterocycles. The highest BCUT2D eigenvalue weighted by molar-refractivity contribution is 5.32. The number of aryl methyl sites for hydroxylation is 3. The third kappa shape index (κ3) is 1.99. The van der Waals surface area contributed by atoms with Crippen LogP contribution in [0.25, 0.3) is 0 Å². The molecule has 0 saturated carbocycles. The van der Waals surface area contributed by atoms with Crippen molar-refractivity contribution in [3.63, 3.8) is 0 Å². The fraction of sp³-hybridized carbons (Fsp3) is 0.308. The minimum absolute atomic E-state index is 0.654. The Balaban J connectivity index is 2.41. The number of aliphatic hydroxyl groups is 1. The van der Waals surface area contributed by atoms with Gasteiger partial charge in [0.15, 0.2) is 0 Å². The van der Waals surface area contributed by atoms with Crippen molar-refractivity contribution in [1.29, 1.82) is 0 Å². The number of benzene rings is 1. The standard InChI is InChI=1S/C13H16N2O/c1-9-6-10(2)8-11(7-9)12(16)13-14-4-5-15(13)3/h4-8,12,16H,1-3H3. The van der Waals surface area contributed by atoms with Gasteiger partial charge in [-0.1, -0.05) is 29.3 Å². The van der Waals surface area contributed by atoms with E-state index in [2.05, 4.69) is 11.1 Å². The van der Waals surface area contributed by atoms with Crippen LogP contribution in [-0.2, 0) is 7.05 Å². The van der Waals surface area contributed by atoms with E-state index in [9.17, 15) is 5.11 Å². The molecule has 0 saturated heterocycles. The Hall–Kier alpha value is -1.61. The van der Waals surface area contributed by atoms with Crippen molar-refractivity contribution in [2.75, 3.05) is 0 Å². The first-order valence-electron chi connectivity index (χ1n) is 5.31. The van der Waals surface area contributed by atoms with Crippen LogP contribution in [0.1, 0.15) is 28.6 Å². The molecule has 1 N–H and O–H groups in total. The molecular formula is C13H16N2O. The zero-order valence-corrected chi connectivity index (χ0v) is 9.81. The lowest BCUT2D eigenvalue weighted by atomic mass is 10.0. The van der Waals surface area contributed by atoms with Gasteiger partial charge in [0.05, 0.1) is 0 Å². The topological polar surface area (TPSA) is 38.1 Å². The lowest BCUT2D eigenvalue weighted by molar-refractivity contribution is 0.206. The molecule has 0 fully saturated rings. The minimum Gasteiger partial charge on any atom is -0.380 e. The Kier molecular flexibility index (Phi) is 2.79. The SMILES string of the molecule is Cc1cc(C)cc(C(O)c2nccn2C)c1. The fourth-order valence-corrected chi connectivity index (χ4v) is 1.96. The van der Waals surface area contributed by atoms with Crippen molar-refractivity contribution in [3.8, 4) is 0 Å². The molecule has 84 valence electrons. The van der Waals surface area contributed by atoms with Crippen molar-refractivity contribution >= 4 is 0 Å². The molecule has 16 heavy (non-hydrogen) atoms. The highest BCUT2D eigenvalue weighted by Gasteiger charge is 2.15. The highest BCUT2D eigenvalue weighted by atomic mass is 16.3. The summed E-state index contributed by atoms with van der Waals surface area (Å²) in [5.74, 6) is 0.671. The zero-order valence-electron chi connectivity index (χ0n) is 9.81. The Labute approximate surface area is 95.4 Å². The van der Waals surface area contributed by atoms with E-state index < -0.39 is 6.10 Å². The summed E-state index contributed by atoms with van der Waals surface area (Å²) in [5.41, 5.74) is 3.21. The predicted octanol–water partition coefficient (Wildman–Crippen LogP) is 2.12. The average molecular weight is 216 g/mol. The van der Waals surface area contributed by atoms with Crippen molar-refractivity contribution < 1.29 is 5.11 Å². The Morgan fingerprint density at radius 2 is 1.81 bits per heavy atom. The van der Waals surface area contributed by atoms with Crippen LogP contribution in [0.15, 0.2) is 30.6 Å². The number of hydrogen-bond acceptors (Lipinski definition) is 2. The molecule has 0 spiro atoms. The summed E-state index contributed by atoms with van der Waals surface area (Å²) in [6, 6.07) is 6.08. The molecule has 0 amide bonds. The van der Waals surface area contributed by atoms with E-state index in [1.807, 2.05) is 43.8 Å². The summed E-state index contributed by atoms with van der Waals surface area (Å²) in [7, 11) is 1.88. The molecular weight excluding hydrogens is 200 g/mol. The van der Waals surface area contributed by atoms with Gasteiger partial charge in [0.2, 0.25) is 0 Å². The van der Waals surface area contributed by atoms with Crippen LogP contribution < -0.4 is 0 Å². The molecule has 0 aliphatic heterocycles. The molecule has 3 heteroatoms. The summed E-state index contributed by atoms with van der Waals surface area (Å²) in [6.07, 6.45) is 2.88. The second-order valence-electron chi connectivity index (χ2n) is 4.22. The number of aromatic nitrogens is 2. The predicted molar refractivity (Wildman–Crippen MR) is 63.2 cm³/mol. The number of aliphatic hydroxyl groups excluding tert-OH is 1. The van der Waals surface area contributed by atoms with Gasteiger partial charge in [-0.05, 0) is 19.4 Å². The maximum Gasteiger partial charge on any atom is 0.142 e. The van der Waals surface area contributed by atoms with Gasteiger partial charge in [-0.15, -0.1) is 0 Å². The van der Waals surface area contributed by atoms with Crippen LogP contribution in [0.3, 0.4) is 0 Å². The van der Waals surface area contributed by atoms with Crippen molar-refractivity contribution in [2.24, 2.45) is 7.05 Å². The maximum absolute atomic E-state index is 10.2. The van der Waals surface area contributed by atoms with E-state index in [0.29, 0.717) is 5.82 Å². The molecule has 1 aromatic carbocycles. The first-order chi connectivity index (χ1) is 7.58. The lowest BCUT2D eigenvalue weighted by Crippen LogP contribution is -2.07. The van der Waals surface area contributed by atoms with E-state index in [0.717, 1.165) is 16.7 Å². The summed E-state index contributed by atoms with van der Waals surface area (Å²) in [4.78, 5) is 4.16. The van der Waals surface area contributed by atoms with Gasteiger partial charge in [-0.25, -0.2) is 4.98 Å². The molecule has 0 aliphatic carbocycles. The first kappa shape index (κ1) is 10.9. The average Bonchev–Trinajstić information content (AvgIpc) is 2.62. The van der Waals surface area contributed by atoms with Crippen LogP contribution in [0.4, 0.5) is 0 Å². The van der Waals surface area contributed by atoms with Gasteiger partial charge < -0.3 is 9.67 Å². The Bertz CT molecular complexity index is 482. The molecule has 3 nitrogen and oxygen atoms in total. The van der Waals surface area contributed by atoms with Crippen molar-refractivity contribution in [3.05, 3.63) is 53.1 Å². The molecule has 0 bridgehead atoms. The van der Waals surface area contributed by atoms with Crippen molar-refractivity contribution in [2.45, 2.75) is 20.0 Å². The second-order valence-corrected chi connectivity index (χ2v) is 4.22.